The Morgan fingerprint density at radius 1 is 1.29 bits per heavy atom. The van der Waals surface area contributed by atoms with E-state index in [1.165, 1.54) is 11.8 Å². The number of aromatic nitrogens is 2. The smallest absolute Gasteiger partial charge is 0.307 e. The van der Waals surface area contributed by atoms with Gasteiger partial charge in [0.15, 0.2) is 5.16 Å². The number of nitrogens with zero attached hydrogens (tertiary/aromatic N) is 4. The number of ether oxygens (including phenoxy) is 1. The highest BCUT2D eigenvalue weighted by Crippen LogP contribution is 2.20. The molecule has 28 heavy (non-hydrogen) atoms. The van der Waals surface area contributed by atoms with E-state index in [1.807, 2.05) is 24.8 Å². The standard InChI is InChI=1S/C20H32N4O3S/c1-5-23-10-7-8-17(23)13-24(11-9-19(26)27-6-2)18(25)14-28-20-21-15(3)12-16(4)22-20/h12,17H,5-11,13-14H2,1-4H3. The summed E-state index contributed by atoms with van der Waals surface area (Å²) in [4.78, 5) is 37.7. The molecule has 7 nitrogen and oxygen atoms in total. The van der Waals surface area contributed by atoms with Gasteiger partial charge in [0.25, 0.3) is 0 Å². The summed E-state index contributed by atoms with van der Waals surface area (Å²) in [7, 11) is 0. The molecule has 1 aliphatic rings. The van der Waals surface area contributed by atoms with E-state index in [2.05, 4.69) is 21.8 Å². The monoisotopic (exact) mass is 408 g/mol. The lowest BCUT2D eigenvalue weighted by Gasteiger charge is -2.30. The van der Waals surface area contributed by atoms with Gasteiger partial charge in [-0.05, 0) is 52.8 Å². The van der Waals surface area contributed by atoms with Gasteiger partial charge in [-0.25, -0.2) is 9.97 Å². The third kappa shape index (κ3) is 7.05. The molecule has 0 spiro atoms. The fourth-order valence-corrected chi connectivity index (χ4v) is 4.38. The number of carbonyl (C=O) groups excluding carboxylic acids is 2. The van der Waals surface area contributed by atoms with E-state index in [0.717, 1.165) is 37.3 Å². The third-order valence-corrected chi connectivity index (χ3v) is 5.70. The van der Waals surface area contributed by atoms with Crippen molar-refractivity contribution in [2.75, 3.05) is 38.5 Å². The van der Waals surface area contributed by atoms with Crippen molar-refractivity contribution >= 4 is 23.6 Å². The predicted molar refractivity (Wildman–Crippen MR) is 110 cm³/mol. The quantitative estimate of drug-likeness (QED) is 0.334. The summed E-state index contributed by atoms with van der Waals surface area (Å²) in [5.41, 5.74) is 1.79. The number of esters is 1. The van der Waals surface area contributed by atoms with E-state index < -0.39 is 0 Å². The molecule has 1 unspecified atom stereocenters. The van der Waals surface area contributed by atoms with Crippen LogP contribution in [0.4, 0.5) is 0 Å². The van der Waals surface area contributed by atoms with Gasteiger partial charge in [0.1, 0.15) is 0 Å². The maximum Gasteiger partial charge on any atom is 0.307 e. The maximum atomic E-state index is 12.9. The van der Waals surface area contributed by atoms with Crippen LogP contribution in [0, 0.1) is 13.8 Å². The van der Waals surface area contributed by atoms with Crippen LogP contribution in [0.2, 0.25) is 0 Å². The Morgan fingerprint density at radius 2 is 2.00 bits per heavy atom. The Bertz CT molecular complexity index is 651. The highest BCUT2D eigenvalue weighted by atomic mass is 32.2. The van der Waals surface area contributed by atoms with Crippen LogP contribution in [0.5, 0.6) is 0 Å². The molecular weight excluding hydrogens is 376 g/mol. The second kappa shape index (κ2) is 11.4. The van der Waals surface area contributed by atoms with Crippen molar-refractivity contribution in [2.45, 2.75) is 58.2 Å². The lowest BCUT2D eigenvalue weighted by Crippen LogP contribution is -2.44. The highest BCUT2D eigenvalue weighted by Gasteiger charge is 2.27. The highest BCUT2D eigenvalue weighted by molar-refractivity contribution is 7.99. The summed E-state index contributed by atoms with van der Waals surface area (Å²) < 4.78 is 5.03. The molecule has 0 bridgehead atoms. The molecule has 1 amide bonds. The van der Waals surface area contributed by atoms with E-state index >= 15 is 0 Å². The Kier molecular flexibility index (Phi) is 9.18. The fraction of sp³-hybridized carbons (Fsp3) is 0.700. The molecule has 2 rings (SSSR count). The van der Waals surface area contributed by atoms with E-state index in [-0.39, 0.29) is 24.1 Å². The van der Waals surface area contributed by atoms with Crippen LogP contribution in [-0.2, 0) is 14.3 Å². The van der Waals surface area contributed by atoms with Crippen molar-refractivity contribution in [3.05, 3.63) is 17.5 Å². The third-order valence-electron chi connectivity index (χ3n) is 4.87. The number of hydrogen-bond donors (Lipinski definition) is 0. The lowest BCUT2D eigenvalue weighted by molar-refractivity contribution is -0.144. The molecule has 1 aromatic rings. The van der Waals surface area contributed by atoms with Gasteiger partial charge in [0.05, 0.1) is 18.8 Å². The first-order valence-corrected chi connectivity index (χ1v) is 11.0. The number of carbonyl (C=O) groups is 2. The first-order valence-electron chi connectivity index (χ1n) is 10.1. The van der Waals surface area contributed by atoms with Crippen molar-refractivity contribution in [3.8, 4) is 0 Å². The summed E-state index contributed by atoms with van der Waals surface area (Å²) in [5.74, 6) is 0.0225. The zero-order valence-electron chi connectivity index (χ0n) is 17.4. The normalized spacial score (nSPS) is 16.9. The topological polar surface area (TPSA) is 75.6 Å². The minimum Gasteiger partial charge on any atom is -0.466 e. The second-order valence-electron chi connectivity index (χ2n) is 7.04. The first kappa shape index (κ1) is 22.6. The SMILES string of the molecule is CCOC(=O)CCN(CC1CCCN1CC)C(=O)CSc1nc(C)cc(C)n1. The van der Waals surface area contributed by atoms with Crippen LogP contribution in [0.3, 0.4) is 0 Å². The summed E-state index contributed by atoms with van der Waals surface area (Å²) in [6, 6.07) is 2.27. The molecule has 0 N–H and O–H groups in total. The van der Waals surface area contributed by atoms with Gasteiger partial charge < -0.3 is 9.64 Å². The summed E-state index contributed by atoms with van der Waals surface area (Å²) in [5, 5.41) is 0.618. The molecule has 1 fully saturated rings. The average molecular weight is 409 g/mol. The van der Waals surface area contributed by atoms with Crippen LogP contribution in [0.25, 0.3) is 0 Å². The van der Waals surface area contributed by atoms with Crippen LogP contribution >= 0.6 is 11.8 Å². The summed E-state index contributed by atoms with van der Waals surface area (Å²) >= 11 is 1.35. The van der Waals surface area contributed by atoms with Gasteiger partial charge in [-0.3, -0.25) is 14.5 Å². The molecular formula is C20H32N4O3S. The van der Waals surface area contributed by atoms with Gasteiger partial charge in [0.2, 0.25) is 5.91 Å². The number of likely N-dealkylation sites (tertiary alicyclic amines) is 1. The minimum atomic E-state index is -0.260. The number of thioether (sulfide) groups is 1. The van der Waals surface area contributed by atoms with Crippen molar-refractivity contribution < 1.29 is 14.3 Å². The molecule has 0 saturated carbocycles. The zero-order chi connectivity index (χ0) is 20.5. The van der Waals surface area contributed by atoms with Gasteiger partial charge in [-0.1, -0.05) is 18.7 Å². The van der Waals surface area contributed by atoms with Crippen molar-refractivity contribution in [2.24, 2.45) is 0 Å². The van der Waals surface area contributed by atoms with Crippen molar-refractivity contribution in [1.82, 2.24) is 19.8 Å². The van der Waals surface area contributed by atoms with E-state index in [0.29, 0.717) is 30.9 Å². The van der Waals surface area contributed by atoms with E-state index in [9.17, 15) is 9.59 Å². The van der Waals surface area contributed by atoms with Gasteiger partial charge in [-0.2, -0.15) is 0 Å². The number of hydrogen-bond acceptors (Lipinski definition) is 7. The molecule has 1 atom stereocenters. The van der Waals surface area contributed by atoms with Crippen LogP contribution < -0.4 is 0 Å². The van der Waals surface area contributed by atoms with E-state index in [1.54, 1.807) is 6.92 Å². The molecule has 0 aliphatic carbocycles. The Morgan fingerprint density at radius 3 is 2.64 bits per heavy atom. The van der Waals surface area contributed by atoms with E-state index in [4.69, 9.17) is 4.74 Å². The van der Waals surface area contributed by atoms with Crippen LogP contribution in [0.1, 0.15) is 44.5 Å². The fourth-order valence-electron chi connectivity index (χ4n) is 3.53. The van der Waals surface area contributed by atoms with Gasteiger partial charge in [0, 0.05) is 30.5 Å². The summed E-state index contributed by atoms with van der Waals surface area (Å²) in [6.07, 6.45) is 2.47. The zero-order valence-corrected chi connectivity index (χ0v) is 18.3. The molecule has 0 radical (unpaired) electrons. The molecule has 8 heteroatoms. The number of aryl methyl sites for hydroxylation is 2. The Balaban J connectivity index is 1.99. The average Bonchev–Trinajstić information content (AvgIpc) is 3.09. The molecule has 1 aromatic heterocycles. The van der Waals surface area contributed by atoms with Crippen molar-refractivity contribution in [3.63, 3.8) is 0 Å². The number of likely N-dealkylation sites (N-methyl/N-ethyl adjacent to an activating group) is 1. The molecule has 156 valence electrons. The molecule has 0 aromatic carbocycles. The van der Waals surface area contributed by atoms with Crippen LogP contribution in [0.15, 0.2) is 11.2 Å². The van der Waals surface area contributed by atoms with Crippen molar-refractivity contribution in [1.29, 1.82) is 0 Å². The van der Waals surface area contributed by atoms with Gasteiger partial charge >= 0.3 is 5.97 Å². The van der Waals surface area contributed by atoms with Crippen LogP contribution in [-0.4, -0.2) is 76.2 Å². The first-order chi connectivity index (χ1) is 13.4. The Labute approximate surface area is 172 Å². The second-order valence-corrected chi connectivity index (χ2v) is 7.98. The number of rotatable bonds is 10. The summed E-state index contributed by atoms with van der Waals surface area (Å²) in [6.45, 7) is 11.2. The Hall–Kier alpha value is -1.67. The van der Waals surface area contributed by atoms with Gasteiger partial charge in [-0.15, -0.1) is 0 Å². The minimum absolute atomic E-state index is 0.0139. The molecule has 1 saturated heterocycles. The molecule has 2 heterocycles. The lowest BCUT2D eigenvalue weighted by atomic mass is 10.2. The maximum absolute atomic E-state index is 12.9. The molecule has 1 aliphatic heterocycles. The predicted octanol–water partition coefficient (Wildman–Crippen LogP) is 2.45. The number of amides is 1. The largest absolute Gasteiger partial charge is 0.466 e.